The third-order valence-corrected chi connectivity index (χ3v) is 13.2. The molecular weight excluding hydrogens is 803 g/mol. The number of nitrogens with two attached hydrogens (primary N) is 1. The number of aromatic hydroxyl groups is 2. The molecule has 1 fully saturated rings. The van der Waals surface area contributed by atoms with Gasteiger partial charge in [0.15, 0.2) is 11.5 Å². The highest BCUT2D eigenvalue weighted by molar-refractivity contribution is 8.00. The lowest BCUT2D eigenvalue weighted by Crippen LogP contribution is -2.38. The van der Waals surface area contributed by atoms with Crippen molar-refractivity contribution >= 4 is 46.8 Å². The van der Waals surface area contributed by atoms with Crippen molar-refractivity contribution in [3.63, 3.8) is 0 Å². The van der Waals surface area contributed by atoms with Crippen LogP contribution in [-0.2, 0) is 16.0 Å². The van der Waals surface area contributed by atoms with Gasteiger partial charge in [-0.15, -0.1) is 11.8 Å². The van der Waals surface area contributed by atoms with E-state index in [1.165, 1.54) is 113 Å². The van der Waals surface area contributed by atoms with Crippen molar-refractivity contribution < 1.29 is 30.0 Å². The van der Waals surface area contributed by atoms with Gasteiger partial charge < -0.3 is 36.0 Å². The molecule has 1 saturated heterocycles. The molecule has 3 aromatic rings. The lowest BCUT2D eigenvalue weighted by atomic mass is 9.72. The van der Waals surface area contributed by atoms with E-state index in [1.807, 2.05) is 35.7 Å². The van der Waals surface area contributed by atoms with Crippen molar-refractivity contribution in [2.75, 3.05) is 31.3 Å². The molecule has 0 saturated carbocycles. The smallest absolute Gasteiger partial charge is 0.328 e. The molecule has 2 atom stereocenters. The first-order valence-corrected chi connectivity index (χ1v) is 23.1. The second kappa shape index (κ2) is 23.5. The lowest BCUT2D eigenvalue weighted by molar-refractivity contribution is -0.138. The number of carboxylic acids is 2. The van der Waals surface area contributed by atoms with Crippen LogP contribution in [-0.4, -0.2) is 75.7 Å². The number of nitrogens with zero attached hydrogens (tertiary/aromatic N) is 2. The number of carbonyl (C=O) groups is 2. The average molecular weight is 868 g/mol. The zero-order chi connectivity index (χ0) is 44.7. The summed E-state index contributed by atoms with van der Waals surface area (Å²) in [7, 11) is 2.30. The van der Waals surface area contributed by atoms with E-state index >= 15 is 0 Å². The molecule has 0 bridgehead atoms. The second-order valence-corrected chi connectivity index (χ2v) is 18.7. The van der Waals surface area contributed by atoms with Gasteiger partial charge in [0.25, 0.3) is 0 Å². The number of carboxylic acid groups (broad SMARTS) is 2. The van der Waals surface area contributed by atoms with Gasteiger partial charge in [0.2, 0.25) is 0 Å². The maximum Gasteiger partial charge on any atom is 0.328 e. The summed E-state index contributed by atoms with van der Waals surface area (Å²) in [5.41, 5.74) is 13.7. The van der Waals surface area contributed by atoms with Gasteiger partial charge >= 0.3 is 11.9 Å². The second-order valence-electron chi connectivity index (χ2n) is 16.7. The van der Waals surface area contributed by atoms with Gasteiger partial charge in [-0.1, -0.05) is 91.8 Å². The van der Waals surface area contributed by atoms with Crippen LogP contribution < -0.4 is 10.6 Å². The molecule has 61 heavy (non-hydrogen) atoms. The Labute approximate surface area is 371 Å². The van der Waals surface area contributed by atoms with Crippen molar-refractivity contribution in [1.29, 1.82) is 0 Å². The van der Waals surface area contributed by atoms with Crippen LogP contribution in [0.1, 0.15) is 85.1 Å². The van der Waals surface area contributed by atoms with Crippen LogP contribution in [0.4, 0.5) is 11.4 Å². The standard InChI is InChI=1S/C21H26N2S2.C20H28O2.C9H11NO4/c1-22-13-6-5-7-16(22)12-14-23-18-8-3-4-9-20(18)25-21-11-10-17(24-2)15-19(21)23;1-15(8-6-9-16(2)14-19(21)22)11-12-18-17(3)10-7-13-20(18,4)5;10-6(9(13)14)3-5-1-2-7(11)8(12)4-5/h3-4,8-11,15-16H,5-7,12-14H2,1-2H3;6,8-9,11-12,14H,7,10,13H2,1-5H3,(H,21,22);1-2,4,6,11-12H,3,10H2,(H,13,14)/b;9-6+,12-11+,15-8+,16-14+;/t;;6-/m..0/s1. The van der Waals surface area contributed by atoms with E-state index in [2.05, 4.69) is 105 Å². The summed E-state index contributed by atoms with van der Waals surface area (Å²) in [6.45, 7) is 13.1. The first kappa shape index (κ1) is 49.0. The highest BCUT2D eigenvalue weighted by Gasteiger charge is 2.27. The van der Waals surface area contributed by atoms with Crippen molar-refractivity contribution in [2.24, 2.45) is 11.1 Å². The number of allylic oxidation sites excluding steroid dienone is 9. The quantitative estimate of drug-likeness (QED) is 0.0513. The number of aliphatic carboxylic acids is 2. The SMILES string of the molecule is CC1=C(/C=C/C(C)=C/C=C/C(C)=C/C(=O)O)C(C)(C)CCC1.CSc1ccc2c(c1)N(CCC1CCCCN1C)c1ccccc1S2.N[C@@H](Cc1ccc(O)c(O)c1)C(=O)O. The molecule has 6 rings (SSSR count). The van der Waals surface area contributed by atoms with E-state index in [4.69, 9.17) is 26.2 Å². The molecule has 2 aliphatic heterocycles. The van der Waals surface area contributed by atoms with Crippen molar-refractivity contribution in [1.82, 2.24) is 4.90 Å². The number of anilines is 2. The number of phenolic OH excluding ortho intramolecular Hbond substituents is 2. The van der Waals surface area contributed by atoms with Crippen LogP contribution in [0.15, 0.2) is 134 Å². The monoisotopic (exact) mass is 867 g/mol. The first-order valence-electron chi connectivity index (χ1n) is 21.1. The zero-order valence-corrected chi connectivity index (χ0v) is 38.5. The Morgan fingerprint density at radius 3 is 2.36 bits per heavy atom. The Morgan fingerprint density at radius 2 is 1.69 bits per heavy atom. The summed E-state index contributed by atoms with van der Waals surface area (Å²) in [6.07, 6.45) is 22.6. The number of benzene rings is 3. The van der Waals surface area contributed by atoms with Crippen molar-refractivity contribution in [3.8, 4) is 11.5 Å². The number of thioether (sulfide) groups is 1. The largest absolute Gasteiger partial charge is 0.504 e. The summed E-state index contributed by atoms with van der Waals surface area (Å²) in [6, 6.07) is 19.6. The fraction of sp³-hybridized carbons (Fsp3) is 0.400. The summed E-state index contributed by atoms with van der Waals surface area (Å²) in [5, 5.41) is 35.3. The van der Waals surface area contributed by atoms with Gasteiger partial charge in [0.05, 0.1) is 11.4 Å². The molecule has 9 nitrogen and oxygen atoms in total. The molecule has 0 amide bonds. The maximum atomic E-state index is 10.5. The Bertz CT molecular complexity index is 2140. The van der Waals surface area contributed by atoms with Crippen LogP contribution in [0.2, 0.25) is 0 Å². The molecule has 328 valence electrons. The van der Waals surface area contributed by atoms with E-state index in [9.17, 15) is 9.59 Å². The summed E-state index contributed by atoms with van der Waals surface area (Å²) in [5.74, 6) is -2.53. The Kier molecular flexibility index (Phi) is 18.9. The van der Waals surface area contributed by atoms with Gasteiger partial charge in [0, 0.05) is 33.3 Å². The average Bonchev–Trinajstić information content (AvgIpc) is 3.21. The number of hydrogen-bond donors (Lipinski definition) is 5. The molecule has 0 radical (unpaired) electrons. The topological polar surface area (TPSA) is 148 Å². The highest BCUT2D eigenvalue weighted by Crippen LogP contribution is 2.49. The van der Waals surface area contributed by atoms with Crippen LogP contribution >= 0.6 is 23.5 Å². The molecule has 0 aromatic heterocycles. The number of rotatable bonds is 12. The zero-order valence-electron chi connectivity index (χ0n) is 36.9. The summed E-state index contributed by atoms with van der Waals surface area (Å²) < 4.78 is 0. The minimum absolute atomic E-state index is 0.114. The lowest BCUT2D eigenvalue weighted by Gasteiger charge is -2.37. The molecule has 0 spiro atoms. The van der Waals surface area contributed by atoms with Crippen LogP contribution in [0.25, 0.3) is 0 Å². The maximum absolute atomic E-state index is 10.5. The predicted molar refractivity (Wildman–Crippen MR) is 254 cm³/mol. The Morgan fingerprint density at radius 1 is 0.951 bits per heavy atom. The van der Waals surface area contributed by atoms with Gasteiger partial charge in [-0.25, -0.2) is 4.79 Å². The number of likely N-dealkylation sites (tertiary alicyclic amines) is 1. The Balaban J connectivity index is 0.000000210. The molecular formula is C50H65N3O6S2. The van der Waals surface area contributed by atoms with E-state index in [0.29, 0.717) is 5.56 Å². The van der Waals surface area contributed by atoms with Gasteiger partial charge in [-0.05, 0) is 150 Å². The molecule has 1 aliphatic carbocycles. The van der Waals surface area contributed by atoms with Gasteiger partial charge in [-0.2, -0.15) is 0 Å². The number of fused-ring (bicyclic) bond motifs is 2. The molecule has 3 aromatic carbocycles. The normalized spacial score (nSPS) is 18.4. The van der Waals surface area contributed by atoms with Crippen molar-refractivity contribution in [3.05, 3.63) is 125 Å². The molecule has 1 unspecified atom stereocenters. The van der Waals surface area contributed by atoms with Crippen LogP contribution in [0.5, 0.6) is 11.5 Å². The first-order chi connectivity index (χ1) is 29.0. The van der Waals surface area contributed by atoms with Gasteiger partial charge in [-0.3, -0.25) is 4.79 Å². The van der Waals surface area contributed by atoms with Crippen LogP contribution in [0, 0.1) is 5.41 Å². The third-order valence-electron chi connectivity index (χ3n) is 11.4. The van der Waals surface area contributed by atoms with Crippen molar-refractivity contribution in [2.45, 2.75) is 113 Å². The number of piperidine rings is 1. The van der Waals surface area contributed by atoms with Crippen LogP contribution in [0.3, 0.4) is 0 Å². The van der Waals surface area contributed by atoms with E-state index in [-0.39, 0.29) is 23.3 Å². The highest BCUT2D eigenvalue weighted by atomic mass is 32.2. The summed E-state index contributed by atoms with van der Waals surface area (Å²) in [4.78, 5) is 30.2. The van der Waals surface area contributed by atoms with Gasteiger partial charge in [0.1, 0.15) is 6.04 Å². The van der Waals surface area contributed by atoms with E-state index in [0.717, 1.165) is 23.7 Å². The summed E-state index contributed by atoms with van der Waals surface area (Å²) >= 11 is 3.73. The molecule has 2 heterocycles. The van der Waals surface area contributed by atoms with E-state index in [1.54, 1.807) is 13.0 Å². The fourth-order valence-corrected chi connectivity index (χ4v) is 9.39. The molecule has 11 heteroatoms. The minimum atomic E-state index is -1.10. The van der Waals surface area contributed by atoms with E-state index < -0.39 is 18.0 Å². The third kappa shape index (κ3) is 15.0. The number of phenols is 2. The fourth-order valence-electron chi connectivity index (χ4n) is 7.88. The Hall–Kier alpha value is -4.68. The predicted octanol–water partition coefficient (Wildman–Crippen LogP) is 11.5. The molecule has 6 N–H and O–H groups in total. The number of hydrogen-bond acceptors (Lipinski definition) is 9. The molecule has 3 aliphatic rings. The minimum Gasteiger partial charge on any atom is -0.504 e. The number of para-hydroxylation sites is 1.